The third kappa shape index (κ3) is 31.6. The van der Waals surface area contributed by atoms with E-state index in [2.05, 4.69) is 27.7 Å². The van der Waals surface area contributed by atoms with Crippen molar-refractivity contribution in [2.24, 2.45) is 11.8 Å². The van der Waals surface area contributed by atoms with Crippen LogP contribution in [0.4, 0.5) is 0 Å². The summed E-state index contributed by atoms with van der Waals surface area (Å²) in [6, 6.07) is 0. The SMILES string of the molecule is CCCCCCCC(CCCCCCC)OC(=O)CCCC(CCCC(=O)OC(CCCCCCC)CCCCCCC)C(=O)SCCCC1CCCCC1. The second-order valence-electron chi connectivity index (χ2n) is 17.3. The first-order valence-electron chi connectivity index (χ1n) is 24.5. The Morgan fingerprint density at radius 3 is 1.24 bits per heavy atom. The average Bonchev–Trinajstić information content (AvgIpc) is 3.18. The summed E-state index contributed by atoms with van der Waals surface area (Å²) in [6.07, 6.45) is 41.0. The van der Waals surface area contributed by atoms with Gasteiger partial charge in [0.1, 0.15) is 12.2 Å². The molecular formula is C49H92O5S. The average molecular weight is 793 g/mol. The zero-order valence-corrected chi connectivity index (χ0v) is 37.9. The molecule has 1 fully saturated rings. The minimum Gasteiger partial charge on any atom is -0.462 e. The molecule has 0 radical (unpaired) electrons. The Morgan fingerprint density at radius 1 is 0.473 bits per heavy atom. The van der Waals surface area contributed by atoms with Crippen LogP contribution in [-0.4, -0.2) is 35.0 Å². The van der Waals surface area contributed by atoms with Gasteiger partial charge in [-0.1, -0.05) is 174 Å². The van der Waals surface area contributed by atoms with Gasteiger partial charge in [-0.2, -0.15) is 0 Å². The predicted octanol–water partition coefficient (Wildman–Crippen LogP) is 15.8. The van der Waals surface area contributed by atoms with Crippen molar-refractivity contribution in [3.8, 4) is 0 Å². The van der Waals surface area contributed by atoms with Crippen molar-refractivity contribution in [2.45, 2.75) is 277 Å². The summed E-state index contributed by atoms with van der Waals surface area (Å²) in [4.78, 5) is 39.8. The molecule has 0 aromatic carbocycles. The first-order valence-corrected chi connectivity index (χ1v) is 25.5. The molecule has 0 atom stereocenters. The molecular weight excluding hydrogens is 701 g/mol. The Kier molecular flexibility index (Phi) is 36.4. The fourth-order valence-electron chi connectivity index (χ4n) is 8.42. The molecule has 55 heavy (non-hydrogen) atoms. The zero-order valence-electron chi connectivity index (χ0n) is 37.1. The van der Waals surface area contributed by atoms with Gasteiger partial charge in [-0.15, -0.1) is 0 Å². The standard InChI is InChI=1S/C49H92O5S/c1-5-9-13-17-24-36-45(37-25-18-14-10-6-2)53-47(50)40-28-34-44(49(52)55-42-30-33-43-31-22-21-23-32-43)35-29-41-48(51)54-46(38-26-19-15-11-7-3)39-27-20-16-12-8-4/h43-46H,5-42H2,1-4H3. The molecule has 0 aliphatic heterocycles. The highest BCUT2D eigenvalue weighted by atomic mass is 32.2. The molecule has 0 N–H and O–H groups in total. The largest absolute Gasteiger partial charge is 0.462 e. The molecule has 0 aromatic rings. The van der Waals surface area contributed by atoms with E-state index >= 15 is 0 Å². The lowest BCUT2D eigenvalue weighted by molar-refractivity contribution is -0.150. The smallest absolute Gasteiger partial charge is 0.306 e. The Labute approximate surface area is 346 Å². The van der Waals surface area contributed by atoms with Crippen LogP contribution in [0.1, 0.15) is 265 Å². The number of carbonyl (C=O) groups excluding carboxylic acids is 3. The summed E-state index contributed by atoms with van der Waals surface area (Å²) in [5, 5.41) is 0.249. The fourth-order valence-corrected chi connectivity index (χ4v) is 9.40. The van der Waals surface area contributed by atoms with Crippen LogP contribution in [0, 0.1) is 11.8 Å². The third-order valence-corrected chi connectivity index (χ3v) is 13.2. The van der Waals surface area contributed by atoms with Crippen LogP contribution in [0.25, 0.3) is 0 Å². The van der Waals surface area contributed by atoms with E-state index in [1.807, 2.05) is 0 Å². The van der Waals surface area contributed by atoms with Gasteiger partial charge in [0.2, 0.25) is 0 Å². The Morgan fingerprint density at radius 2 is 0.855 bits per heavy atom. The Balaban J connectivity index is 2.70. The van der Waals surface area contributed by atoms with Crippen molar-refractivity contribution in [1.82, 2.24) is 0 Å². The number of unbranched alkanes of at least 4 members (excludes halogenated alkanes) is 16. The number of ether oxygens (including phenoxy) is 2. The maximum Gasteiger partial charge on any atom is 0.306 e. The van der Waals surface area contributed by atoms with Crippen LogP contribution < -0.4 is 0 Å². The van der Waals surface area contributed by atoms with E-state index < -0.39 is 0 Å². The van der Waals surface area contributed by atoms with Crippen molar-refractivity contribution < 1.29 is 23.9 Å². The summed E-state index contributed by atoms with van der Waals surface area (Å²) < 4.78 is 12.2. The number of carbonyl (C=O) groups is 3. The van der Waals surface area contributed by atoms with Crippen molar-refractivity contribution in [1.29, 1.82) is 0 Å². The van der Waals surface area contributed by atoms with E-state index in [-0.39, 0.29) is 35.2 Å². The molecule has 324 valence electrons. The van der Waals surface area contributed by atoms with E-state index in [0.29, 0.717) is 38.5 Å². The number of hydrogen-bond donors (Lipinski definition) is 0. The molecule has 0 aromatic heterocycles. The minimum absolute atomic E-state index is 0.0235. The van der Waals surface area contributed by atoms with E-state index in [1.54, 1.807) is 0 Å². The van der Waals surface area contributed by atoms with Gasteiger partial charge < -0.3 is 9.47 Å². The first kappa shape index (κ1) is 52.0. The van der Waals surface area contributed by atoms with Gasteiger partial charge in [0.05, 0.1) is 0 Å². The maximum absolute atomic E-state index is 13.6. The summed E-state index contributed by atoms with van der Waals surface area (Å²) in [5.41, 5.74) is 0. The fraction of sp³-hybridized carbons (Fsp3) is 0.939. The lowest BCUT2D eigenvalue weighted by atomic mass is 9.86. The summed E-state index contributed by atoms with van der Waals surface area (Å²) in [6.45, 7) is 8.98. The van der Waals surface area contributed by atoms with E-state index in [1.165, 1.54) is 153 Å². The number of thioether (sulfide) groups is 1. The van der Waals surface area contributed by atoms with Gasteiger partial charge in [0.25, 0.3) is 0 Å². The van der Waals surface area contributed by atoms with Crippen LogP contribution in [0.15, 0.2) is 0 Å². The summed E-state index contributed by atoms with van der Waals surface area (Å²) in [7, 11) is 0. The van der Waals surface area contributed by atoms with Gasteiger partial charge >= 0.3 is 11.9 Å². The molecule has 6 heteroatoms. The molecule has 1 saturated carbocycles. The van der Waals surface area contributed by atoms with E-state index in [4.69, 9.17) is 9.47 Å². The quantitative estimate of drug-likeness (QED) is 0.0456. The van der Waals surface area contributed by atoms with Gasteiger partial charge in [0.15, 0.2) is 5.12 Å². The lowest BCUT2D eigenvalue weighted by Crippen LogP contribution is -2.20. The Hall–Kier alpha value is -1.04. The second-order valence-corrected chi connectivity index (χ2v) is 18.4. The summed E-state index contributed by atoms with van der Waals surface area (Å²) in [5.74, 6) is 1.40. The molecule has 0 amide bonds. The molecule has 0 unspecified atom stereocenters. The molecule has 0 bridgehead atoms. The van der Waals surface area contributed by atoms with Crippen LogP contribution in [0.5, 0.6) is 0 Å². The van der Waals surface area contributed by atoms with Crippen molar-refractivity contribution in [3.63, 3.8) is 0 Å². The lowest BCUT2D eigenvalue weighted by Gasteiger charge is -2.21. The van der Waals surface area contributed by atoms with E-state index in [9.17, 15) is 14.4 Å². The molecule has 1 rings (SSSR count). The maximum atomic E-state index is 13.6. The predicted molar refractivity (Wildman–Crippen MR) is 238 cm³/mol. The van der Waals surface area contributed by atoms with Crippen molar-refractivity contribution >= 4 is 28.8 Å². The zero-order chi connectivity index (χ0) is 40.0. The first-order chi connectivity index (χ1) is 26.9. The van der Waals surface area contributed by atoms with E-state index in [0.717, 1.165) is 69.5 Å². The third-order valence-electron chi connectivity index (χ3n) is 12.0. The van der Waals surface area contributed by atoms with Gasteiger partial charge in [-0.25, -0.2) is 0 Å². The topological polar surface area (TPSA) is 69.7 Å². The Bertz CT molecular complexity index is 807. The molecule has 1 aliphatic carbocycles. The molecule has 0 heterocycles. The normalized spacial score (nSPS) is 13.7. The number of esters is 2. The second kappa shape index (κ2) is 38.5. The van der Waals surface area contributed by atoms with Gasteiger partial charge in [0, 0.05) is 24.5 Å². The number of rotatable bonds is 39. The van der Waals surface area contributed by atoms with Crippen molar-refractivity contribution in [2.75, 3.05) is 5.75 Å². The highest BCUT2D eigenvalue weighted by molar-refractivity contribution is 8.13. The molecule has 1 aliphatic rings. The molecule has 5 nitrogen and oxygen atoms in total. The minimum atomic E-state index is -0.124. The monoisotopic (exact) mass is 793 g/mol. The van der Waals surface area contributed by atoms with Crippen LogP contribution >= 0.6 is 11.8 Å². The van der Waals surface area contributed by atoms with Gasteiger partial charge in [-0.05, 0) is 95.8 Å². The van der Waals surface area contributed by atoms with Crippen molar-refractivity contribution in [3.05, 3.63) is 0 Å². The van der Waals surface area contributed by atoms with Crippen LogP contribution in [-0.2, 0) is 23.9 Å². The highest BCUT2D eigenvalue weighted by Gasteiger charge is 2.22. The molecule has 0 spiro atoms. The van der Waals surface area contributed by atoms with Crippen LogP contribution in [0.2, 0.25) is 0 Å². The molecule has 0 saturated heterocycles. The van der Waals surface area contributed by atoms with Gasteiger partial charge in [-0.3, -0.25) is 14.4 Å². The number of hydrogen-bond acceptors (Lipinski definition) is 6. The summed E-state index contributed by atoms with van der Waals surface area (Å²) >= 11 is 1.50. The van der Waals surface area contributed by atoms with Crippen LogP contribution in [0.3, 0.4) is 0 Å². The highest BCUT2D eigenvalue weighted by Crippen LogP contribution is 2.30.